The van der Waals surface area contributed by atoms with Gasteiger partial charge in [-0.15, -0.1) is 0 Å². The van der Waals surface area contributed by atoms with E-state index in [1.807, 2.05) is 78.9 Å². The molecule has 0 saturated heterocycles. The van der Waals surface area contributed by atoms with Crippen LogP contribution in [0.4, 0.5) is 34.1 Å². The summed E-state index contributed by atoms with van der Waals surface area (Å²) in [4.78, 5) is 0.797. The van der Waals surface area contributed by atoms with E-state index in [0.29, 0.717) is 26.4 Å². The second-order valence-corrected chi connectivity index (χ2v) is 26.4. The van der Waals surface area contributed by atoms with Crippen LogP contribution in [0.2, 0.25) is 0 Å². The van der Waals surface area contributed by atoms with Crippen molar-refractivity contribution in [2.45, 2.75) is 0 Å². The van der Waals surface area contributed by atoms with Crippen LogP contribution in [0.5, 0.6) is 0 Å². The van der Waals surface area contributed by atoms with Crippen molar-refractivity contribution < 1.29 is 90.5 Å². The number of aromatic nitrogens is 2. The van der Waals surface area contributed by atoms with E-state index in [4.69, 9.17) is 45.2 Å². The van der Waals surface area contributed by atoms with Gasteiger partial charge in [0, 0.05) is 66.5 Å². The van der Waals surface area contributed by atoms with E-state index in [0.717, 1.165) is 33.8 Å². The number of nitrogens with zero attached hydrogens (tertiary/aromatic N) is 4. The van der Waals surface area contributed by atoms with E-state index in [9.17, 15) is 45.2 Å². The first kappa shape index (κ1) is 32.6. The van der Waals surface area contributed by atoms with E-state index in [1.54, 1.807) is 18.2 Å². The maximum Gasteiger partial charge on any atom is 0.0645 e. The fourth-order valence-electron chi connectivity index (χ4n) is 13.7. The van der Waals surface area contributed by atoms with E-state index in [1.165, 1.54) is 0 Å². The molecule has 0 spiro atoms. The van der Waals surface area contributed by atoms with E-state index in [2.05, 4.69) is 4.57 Å². The van der Waals surface area contributed by atoms with Crippen LogP contribution in [0.1, 0.15) is 90.5 Å². The van der Waals surface area contributed by atoms with Crippen molar-refractivity contribution >= 4 is 77.7 Å². The third-order valence-corrected chi connectivity index (χ3v) is 19.3. The lowest BCUT2D eigenvalue weighted by Crippen LogP contribution is -2.11. The number of rotatable bonds is 18. The van der Waals surface area contributed by atoms with Crippen LogP contribution in [0.3, 0.4) is 0 Å². The highest BCUT2D eigenvalue weighted by molar-refractivity contribution is 6.13. The van der Waals surface area contributed by atoms with Crippen molar-refractivity contribution in [1.29, 1.82) is 0 Å². The fourth-order valence-corrected chi connectivity index (χ4v) is 13.7. The SMILES string of the molecule is [2H]c1cc(-c2c([2H])c([2H])c(-c3c([2H])c([2H])c([2H])c([2H])c3[2H])c([2H])c2[2H])c(N(c2c([2H])c([2H])c(-c3c([2H])c([2H])c([2H])c([2H])c3[2H])c([2H])c2[2H])c2c([2H])c([2H])c(-c3c([2H])c([2H])c4c(c3[2H])c3c([2H])c([2H])c([2H])c([2H])c3n4-c3c([2H])c([2H])c([2H])c([2H])c3-c3c([2H])c([2H])c([2H])c([2H])c3[2H])c([2H])c2[2H])c([2H])c1[2H].[2H]c1cc(-c2c([2H])c([2H])c(-c3c([2H])c([2H])c([2H])c([2H])c3[2H])c([2H])c2[2H])c(N(c2c([2H])c([2H])c(-c3ccc4c(c3)c3ccccc3n4-c3ccccc3-c3ccccc3)c([2H])c2[2H])c2c([2H])c([2H])c(-c3c([2H])c([2H])c([2H])c([2H])c3[2H])c([2H])c2[2H])c([2H])c1[2H]. The predicted octanol–water partition coefficient (Wildman–Crippen LogP) is 33.2. The normalized spacial score (nSPS) is 18.7. The maximum absolute atomic E-state index is 10.0. The molecule has 0 atom stereocenters. The average Bonchev–Trinajstić information content (AvgIpc) is 1.53. The summed E-state index contributed by atoms with van der Waals surface area (Å²) in [6.07, 6.45) is 0. The van der Waals surface area contributed by atoms with Gasteiger partial charge < -0.3 is 18.9 Å². The summed E-state index contributed by atoms with van der Waals surface area (Å²) in [5.41, 5.74) is -19.7. The van der Waals surface area contributed by atoms with Crippen molar-refractivity contribution in [3.63, 3.8) is 0 Å². The van der Waals surface area contributed by atoms with Crippen LogP contribution < -0.4 is 9.80 Å². The number of anilines is 6. The van der Waals surface area contributed by atoms with Gasteiger partial charge in [0.1, 0.15) is 0 Å². The minimum atomic E-state index is -1.47. The molecule has 0 N–H and O–H groups in total. The first-order chi connectivity index (χ1) is 89.0. The van der Waals surface area contributed by atoms with Crippen LogP contribution in [-0.2, 0) is 0 Å². The monoisotopic (exact) mass is 1650 g/mol. The fraction of sp³-hybridized carbons (Fsp3) is 0. The number of hydrogen-bond donors (Lipinski definition) is 0. The van der Waals surface area contributed by atoms with Crippen LogP contribution >= 0.6 is 0 Å². The standard InChI is InChI=1S/2C60H42N2/c2*1-4-16-43(17-5-1)45-28-30-49(31-29-45)54-23-10-13-25-57(54)61(51-37-32-46(33-38-51)44-18-6-2-7-19-44)52-39-34-47(35-40-52)50-36-41-60-56(42-50)55-24-12-15-27-59(55)62(60)58-26-14-11-22-53(58)48-20-8-3-9-21-48/h2*1-42H/i1D,2D,3D,4D,5D,6D,7D,8D,9D,10D,11D,12D,13D,14D,15D,16D,17D,18D,19D,20D,21D,22D,24D,25D,26D,27D,28D,29D,30D,31D,32D,33D,34D,35D,36D,37D,38D,39D,40D,41D,42D;1D,2D,4D,5D,6D,7D,10D,13D,16D,17D,18D,19D,25D,28D,29D,30D,31D,32D,33D,34D,35D,37D,38D,39D,40D. The van der Waals surface area contributed by atoms with Crippen molar-refractivity contribution in [2.24, 2.45) is 0 Å². The van der Waals surface area contributed by atoms with Gasteiger partial charge in [0.05, 0.1) is 135 Å². The Morgan fingerprint density at radius 2 is 0.524 bits per heavy atom. The molecule has 22 aromatic rings. The minimum Gasteiger partial charge on any atom is -0.310 e. The summed E-state index contributed by atoms with van der Waals surface area (Å²) in [7, 11) is 0. The molecule has 0 fully saturated rings. The van der Waals surface area contributed by atoms with Gasteiger partial charge in [0.2, 0.25) is 0 Å². The zero-order valence-corrected chi connectivity index (χ0v) is 63.2. The van der Waals surface area contributed by atoms with Crippen molar-refractivity contribution in [3.8, 4) is 123 Å². The molecule has 0 saturated carbocycles. The van der Waals surface area contributed by atoms with Gasteiger partial charge in [0.25, 0.3) is 0 Å². The van der Waals surface area contributed by atoms with E-state index >= 15 is 0 Å². The molecule has 0 aliphatic carbocycles. The lowest BCUT2D eigenvalue weighted by atomic mass is 9.98. The number of fused-ring (bicyclic) bond motifs is 6. The molecule has 0 amide bonds. The van der Waals surface area contributed by atoms with Crippen molar-refractivity contribution in [1.82, 2.24) is 9.13 Å². The Morgan fingerprint density at radius 1 is 0.169 bits per heavy atom. The van der Waals surface area contributed by atoms with Gasteiger partial charge >= 0.3 is 0 Å². The van der Waals surface area contributed by atoms with Gasteiger partial charge in [-0.3, -0.25) is 0 Å². The zero-order valence-electron chi connectivity index (χ0n) is 129. The van der Waals surface area contributed by atoms with Gasteiger partial charge in [-0.2, -0.15) is 0 Å². The Kier molecular flexibility index (Phi) is 8.89. The molecule has 0 aliphatic rings. The molecule has 2 heterocycles. The van der Waals surface area contributed by atoms with Gasteiger partial charge in [-0.1, -0.05) is 399 Å². The number of benzene rings is 20. The van der Waals surface area contributed by atoms with E-state index in [-0.39, 0.29) is 16.0 Å². The van der Waals surface area contributed by atoms with Crippen LogP contribution in [0.25, 0.3) is 166 Å². The van der Waals surface area contributed by atoms with Crippen molar-refractivity contribution in [3.05, 3.63) is 508 Å². The first-order valence-electron chi connectivity index (χ1n) is 70.1. The molecule has 124 heavy (non-hydrogen) atoms. The summed E-state index contributed by atoms with van der Waals surface area (Å²) >= 11 is 0. The lowest BCUT2D eigenvalue weighted by molar-refractivity contribution is 1.18. The molecule has 0 aliphatic heterocycles. The Bertz CT molecular complexity index is 11600. The summed E-state index contributed by atoms with van der Waals surface area (Å²) in [6, 6.07) is -39.1. The highest BCUT2D eigenvalue weighted by atomic mass is 15.2. The molecule has 2 aromatic heterocycles. The second kappa shape index (κ2) is 33.8. The molecular weight excluding hydrogens is 1500 g/mol. The summed E-state index contributed by atoms with van der Waals surface area (Å²) in [6.45, 7) is 0. The highest BCUT2D eigenvalue weighted by Crippen LogP contribution is 2.47. The lowest BCUT2D eigenvalue weighted by Gasteiger charge is -2.28. The molecule has 0 unspecified atom stereocenters. The number of hydrogen-bond acceptors (Lipinski definition) is 2. The van der Waals surface area contributed by atoms with Crippen LogP contribution in [0, 0.1) is 0 Å². The first-order valence-corrected chi connectivity index (χ1v) is 37.1. The third-order valence-electron chi connectivity index (χ3n) is 19.3. The second-order valence-electron chi connectivity index (χ2n) is 26.4. The molecule has 584 valence electrons. The average molecular weight is 1650 g/mol. The Labute approximate surface area is 816 Å². The Morgan fingerprint density at radius 3 is 1.04 bits per heavy atom. The molecule has 4 heteroatoms. The summed E-state index contributed by atoms with van der Waals surface area (Å²) in [5, 5.41) is -0.248. The topological polar surface area (TPSA) is 16.3 Å². The summed E-state index contributed by atoms with van der Waals surface area (Å²) in [5.74, 6) is 0. The molecule has 0 bridgehead atoms. The van der Waals surface area contributed by atoms with Gasteiger partial charge in [-0.25, -0.2) is 0 Å². The molecule has 22 rings (SSSR count). The smallest absolute Gasteiger partial charge is 0.0645 e. The van der Waals surface area contributed by atoms with Crippen molar-refractivity contribution in [2.75, 3.05) is 9.80 Å². The summed E-state index contributed by atoms with van der Waals surface area (Å²) < 4.78 is 602. The highest BCUT2D eigenvalue weighted by Gasteiger charge is 2.24. The van der Waals surface area contributed by atoms with Crippen LogP contribution in [0.15, 0.2) is 508 Å². The van der Waals surface area contributed by atoms with Crippen LogP contribution in [-0.4, -0.2) is 9.13 Å². The molecule has 0 radical (unpaired) electrons. The van der Waals surface area contributed by atoms with Gasteiger partial charge in [0.15, 0.2) is 0 Å². The molecule has 4 nitrogen and oxygen atoms in total. The minimum absolute atomic E-state index is 0.167. The molecular formula is C120H84N4. The third kappa shape index (κ3) is 14.8. The van der Waals surface area contributed by atoms with Gasteiger partial charge in [-0.05, 0) is 198 Å². The Hall–Kier alpha value is -16.4. The Balaban J connectivity index is 0.000000214. The largest absolute Gasteiger partial charge is 0.310 e. The quantitative estimate of drug-likeness (QED) is 0.0851. The number of para-hydroxylation sites is 6. The maximum atomic E-state index is 10.0. The van der Waals surface area contributed by atoms with E-state index < -0.39 is 549 Å². The molecule has 20 aromatic carbocycles. The zero-order chi connectivity index (χ0) is 140. The predicted molar refractivity (Wildman–Crippen MR) is 525 cm³/mol.